The molecular weight excluding hydrogens is 356 g/mol. The van der Waals surface area contributed by atoms with E-state index >= 15 is 0 Å². The Morgan fingerprint density at radius 1 is 1.15 bits per heavy atom. The SMILES string of the molecule is COc1ccc(Cl)cc1CN(C)C(=O)CNC(=O)COc1ccccc1. The highest BCUT2D eigenvalue weighted by molar-refractivity contribution is 6.30. The van der Waals surface area contributed by atoms with Crippen LogP contribution >= 0.6 is 11.6 Å². The van der Waals surface area contributed by atoms with Gasteiger partial charge in [-0.1, -0.05) is 29.8 Å². The largest absolute Gasteiger partial charge is 0.496 e. The van der Waals surface area contributed by atoms with Gasteiger partial charge in [0.1, 0.15) is 11.5 Å². The van der Waals surface area contributed by atoms with Crippen molar-refractivity contribution in [1.29, 1.82) is 0 Å². The maximum absolute atomic E-state index is 12.2. The fourth-order valence-electron chi connectivity index (χ4n) is 2.24. The summed E-state index contributed by atoms with van der Waals surface area (Å²) >= 11 is 5.99. The quantitative estimate of drug-likeness (QED) is 0.768. The van der Waals surface area contributed by atoms with Crippen LogP contribution in [0.1, 0.15) is 5.56 Å². The van der Waals surface area contributed by atoms with Crippen LogP contribution in [0.3, 0.4) is 0 Å². The number of nitrogens with zero attached hydrogens (tertiary/aromatic N) is 1. The lowest BCUT2D eigenvalue weighted by Gasteiger charge is -2.19. The summed E-state index contributed by atoms with van der Waals surface area (Å²) in [6.07, 6.45) is 0. The number of methoxy groups -OCH3 is 1. The van der Waals surface area contributed by atoms with E-state index in [1.54, 1.807) is 44.5 Å². The van der Waals surface area contributed by atoms with Crippen molar-refractivity contribution < 1.29 is 19.1 Å². The minimum Gasteiger partial charge on any atom is -0.496 e. The minimum atomic E-state index is -0.365. The lowest BCUT2D eigenvalue weighted by molar-refractivity contribution is -0.132. The van der Waals surface area contributed by atoms with Crippen molar-refractivity contribution in [1.82, 2.24) is 10.2 Å². The molecule has 6 nitrogen and oxygen atoms in total. The number of carbonyl (C=O) groups is 2. The van der Waals surface area contributed by atoms with Gasteiger partial charge in [0.2, 0.25) is 5.91 Å². The molecule has 0 saturated heterocycles. The van der Waals surface area contributed by atoms with E-state index in [1.165, 1.54) is 4.90 Å². The normalized spacial score (nSPS) is 10.1. The first kappa shape index (κ1) is 19.6. The molecule has 2 amide bonds. The third-order valence-corrected chi connectivity index (χ3v) is 3.86. The summed E-state index contributed by atoms with van der Waals surface area (Å²) in [6.45, 7) is 0.0540. The highest BCUT2D eigenvalue weighted by atomic mass is 35.5. The van der Waals surface area contributed by atoms with Crippen LogP contribution in [0.25, 0.3) is 0 Å². The van der Waals surface area contributed by atoms with Crippen molar-refractivity contribution in [2.45, 2.75) is 6.54 Å². The average Bonchev–Trinajstić information content (AvgIpc) is 2.65. The molecule has 0 radical (unpaired) electrons. The van der Waals surface area contributed by atoms with Gasteiger partial charge in [0.25, 0.3) is 5.91 Å². The zero-order valence-corrected chi connectivity index (χ0v) is 15.5. The summed E-state index contributed by atoms with van der Waals surface area (Å²) in [6, 6.07) is 14.2. The Balaban J connectivity index is 1.80. The highest BCUT2D eigenvalue weighted by Gasteiger charge is 2.14. The zero-order valence-electron chi connectivity index (χ0n) is 14.7. The second kappa shape index (κ2) is 9.68. The summed E-state index contributed by atoms with van der Waals surface area (Å²) in [5, 5.41) is 3.11. The molecule has 7 heteroatoms. The van der Waals surface area contributed by atoms with Crippen LogP contribution in [-0.4, -0.2) is 44.0 Å². The predicted molar refractivity (Wildman–Crippen MR) is 99.4 cm³/mol. The van der Waals surface area contributed by atoms with Crippen LogP contribution in [0.5, 0.6) is 11.5 Å². The van der Waals surface area contributed by atoms with Gasteiger partial charge in [-0.3, -0.25) is 9.59 Å². The standard InChI is InChI=1S/C19H21ClN2O4/c1-22(12-14-10-15(20)8-9-17(14)25-2)19(24)11-21-18(23)13-26-16-6-4-3-5-7-16/h3-10H,11-13H2,1-2H3,(H,21,23). The molecule has 2 aromatic rings. The van der Waals surface area contributed by atoms with Crippen LogP contribution in [0.4, 0.5) is 0 Å². The van der Waals surface area contributed by atoms with Gasteiger partial charge < -0.3 is 19.7 Å². The van der Waals surface area contributed by atoms with Crippen LogP contribution < -0.4 is 14.8 Å². The molecule has 2 aromatic carbocycles. The third kappa shape index (κ3) is 5.97. The van der Waals surface area contributed by atoms with Gasteiger partial charge in [-0.05, 0) is 30.3 Å². The van der Waals surface area contributed by atoms with Gasteiger partial charge in [-0.2, -0.15) is 0 Å². The van der Waals surface area contributed by atoms with Crippen molar-refractivity contribution in [3.8, 4) is 11.5 Å². The van der Waals surface area contributed by atoms with Gasteiger partial charge in [0.15, 0.2) is 6.61 Å². The highest BCUT2D eigenvalue weighted by Crippen LogP contribution is 2.23. The van der Waals surface area contributed by atoms with E-state index in [2.05, 4.69) is 5.32 Å². The Morgan fingerprint density at radius 2 is 1.88 bits per heavy atom. The molecule has 1 N–H and O–H groups in total. The molecule has 0 spiro atoms. The number of hydrogen-bond donors (Lipinski definition) is 1. The number of ether oxygens (including phenoxy) is 2. The summed E-state index contributed by atoms with van der Waals surface area (Å²) in [5.74, 6) is 0.643. The molecule has 0 atom stereocenters. The van der Waals surface area contributed by atoms with E-state index in [9.17, 15) is 9.59 Å². The van der Waals surface area contributed by atoms with E-state index in [4.69, 9.17) is 21.1 Å². The molecule has 138 valence electrons. The van der Waals surface area contributed by atoms with Crippen molar-refractivity contribution in [2.24, 2.45) is 0 Å². The Hall–Kier alpha value is -2.73. The molecule has 0 unspecified atom stereocenters. The van der Waals surface area contributed by atoms with E-state index < -0.39 is 0 Å². The van der Waals surface area contributed by atoms with Crippen molar-refractivity contribution >= 4 is 23.4 Å². The Labute approximate surface area is 157 Å². The smallest absolute Gasteiger partial charge is 0.258 e. The van der Waals surface area contributed by atoms with E-state index in [1.807, 2.05) is 18.2 Å². The first-order valence-electron chi connectivity index (χ1n) is 8.00. The molecule has 0 heterocycles. The van der Waals surface area contributed by atoms with Crippen LogP contribution in [0.2, 0.25) is 5.02 Å². The van der Waals surface area contributed by atoms with Gasteiger partial charge in [0.05, 0.1) is 13.7 Å². The minimum absolute atomic E-state index is 0.115. The van der Waals surface area contributed by atoms with Gasteiger partial charge in [-0.25, -0.2) is 0 Å². The fourth-order valence-corrected chi connectivity index (χ4v) is 2.43. The summed E-state index contributed by atoms with van der Waals surface area (Å²) < 4.78 is 10.6. The molecule has 0 fully saturated rings. The molecule has 0 aliphatic heterocycles. The van der Waals surface area contributed by atoms with Crippen molar-refractivity contribution in [2.75, 3.05) is 27.3 Å². The predicted octanol–water partition coefficient (Wildman–Crippen LogP) is 2.50. The first-order chi connectivity index (χ1) is 12.5. The Morgan fingerprint density at radius 3 is 2.58 bits per heavy atom. The van der Waals surface area contributed by atoms with Crippen molar-refractivity contribution in [3.63, 3.8) is 0 Å². The maximum atomic E-state index is 12.2. The van der Waals surface area contributed by atoms with Crippen LogP contribution in [0.15, 0.2) is 48.5 Å². The van der Waals surface area contributed by atoms with E-state index in [0.717, 1.165) is 5.56 Å². The molecule has 0 aliphatic carbocycles. The molecule has 0 saturated carbocycles. The van der Waals surface area contributed by atoms with E-state index in [-0.39, 0.29) is 25.0 Å². The molecule has 0 aliphatic rings. The maximum Gasteiger partial charge on any atom is 0.258 e. The van der Waals surface area contributed by atoms with Crippen LogP contribution in [0, 0.1) is 0 Å². The second-order valence-electron chi connectivity index (χ2n) is 5.58. The topological polar surface area (TPSA) is 67.9 Å². The number of rotatable bonds is 8. The Bertz CT molecular complexity index is 752. The van der Waals surface area contributed by atoms with E-state index in [0.29, 0.717) is 23.1 Å². The lowest BCUT2D eigenvalue weighted by Crippen LogP contribution is -2.39. The second-order valence-corrected chi connectivity index (χ2v) is 6.02. The Kier molecular flexibility index (Phi) is 7.29. The fraction of sp³-hybridized carbons (Fsp3) is 0.263. The molecule has 26 heavy (non-hydrogen) atoms. The molecular formula is C19H21ClN2O4. The molecule has 2 rings (SSSR count). The van der Waals surface area contributed by atoms with Crippen molar-refractivity contribution in [3.05, 3.63) is 59.1 Å². The monoisotopic (exact) mass is 376 g/mol. The van der Waals surface area contributed by atoms with Crippen LogP contribution in [-0.2, 0) is 16.1 Å². The number of benzene rings is 2. The number of nitrogens with one attached hydrogen (secondary N) is 1. The first-order valence-corrected chi connectivity index (χ1v) is 8.38. The van der Waals surface area contributed by atoms with Gasteiger partial charge in [0, 0.05) is 24.2 Å². The summed E-state index contributed by atoms with van der Waals surface area (Å²) in [7, 11) is 3.21. The van der Waals surface area contributed by atoms with Gasteiger partial charge in [-0.15, -0.1) is 0 Å². The third-order valence-electron chi connectivity index (χ3n) is 3.63. The number of amides is 2. The summed E-state index contributed by atoms with van der Waals surface area (Å²) in [5.41, 5.74) is 0.787. The lowest BCUT2D eigenvalue weighted by atomic mass is 10.2. The molecule has 0 aromatic heterocycles. The number of carbonyl (C=O) groups excluding carboxylic acids is 2. The summed E-state index contributed by atoms with van der Waals surface area (Å²) in [4.78, 5) is 25.5. The molecule has 0 bridgehead atoms. The number of halogens is 1. The van der Waals surface area contributed by atoms with Gasteiger partial charge >= 0.3 is 0 Å². The average molecular weight is 377 g/mol. The number of para-hydroxylation sites is 1. The number of hydrogen-bond acceptors (Lipinski definition) is 4. The number of likely N-dealkylation sites (N-methyl/N-ethyl adjacent to an activating group) is 1. The zero-order chi connectivity index (χ0) is 18.9.